The molecule has 4 nitrogen and oxygen atoms in total. The van der Waals surface area contributed by atoms with E-state index in [1.165, 1.54) is 10.6 Å². The van der Waals surface area contributed by atoms with Crippen molar-refractivity contribution in [2.24, 2.45) is 7.05 Å². The molecule has 0 bridgehead atoms. The molecule has 1 N–H and O–H groups in total. The number of carboxylic acid groups (broad SMARTS) is 1. The Bertz CT molecular complexity index is 385. The second-order valence-corrected chi connectivity index (χ2v) is 3.41. The SMILES string of the molecule is Cn1cc(CCC(=O)O)cc(Cl)c1=O. The van der Waals surface area contributed by atoms with E-state index in [-0.39, 0.29) is 17.0 Å². The Morgan fingerprint density at radius 3 is 2.79 bits per heavy atom. The molecule has 1 aromatic heterocycles. The summed E-state index contributed by atoms with van der Waals surface area (Å²) in [6, 6.07) is 1.51. The minimum Gasteiger partial charge on any atom is -0.481 e. The molecule has 0 atom stereocenters. The number of hydrogen-bond acceptors (Lipinski definition) is 2. The fraction of sp³-hybridized carbons (Fsp3) is 0.333. The predicted molar refractivity (Wildman–Crippen MR) is 52.6 cm³/mol. The van der Waals surface area contributed by atoms with E-state index in [1.807, 2.05) is 0 Å². The van der Waals surface area contributed by atoms with Crippen molar-refractivity contribution < 1.29 is 9.90 Å². The molecule has 0 spiro atoms. The highest BCUT2D eigenvalue weighted by Crippen LogP contribution is 2.07. The molecule has 0 aliphatic rings. The van der Waals surface area contributed by atoms with Crippen molar-refractivity contribution >= 4 is 17.6 Å². The summed E-state index contributed by atoms with van der Waals surface area (Å²) < 4.78 is 1.35. The van der Waals surface area contributed by atoms with Gasteiger partial charge in [-0.1, -0.05) is 11.6 Å². The summed E-state index contributed by atoms with van der Waals surface area (Å²) >= 11 is 5.65. The average Bonchev–Trinajstić information content (AvgIpc) is 2.10. The first-order valence-electron chi connectivity index (χ1n) is 4.07. The number of hydrogen-bond donors (Lipinski definition) is 1. The maximum absolute atomic E-state index is 11.2. The van der Waals surface area contributed by atoms with E-state index in [2.05, 4.69) is 0 Å². The number of carboxylic acids is 1. The first-order chi connectivity index (χ1) is 6.50. The third-order valence-corrected chi connectivity index (χ3v) is 2.09. The van der Waals surface area contributed by atoms with Crippen LogP contribution in [-0.2, 0) is 18.3 Å². The van der Waals surface area contributed by atoms with Gasteiger partial charge in [0.2, 0.25) is 0 Å². The standard InChI is InChI=1S/C9H10ClNO3/c1-11-5-6(2-3-8(12)13)4-7(10)9(11)14/h4-5H,2-3H2,1H3,(H,12,13). The highest BCUT2D eigenvalue weighted by atomic mass is 35.5. The van der Waals surface area contributed by atoms with Gasteiger partial charge in [0.25, 0.3) is 5.56 Å². The molecule has 0 aliphatic heterocycles. The second kappa shape index (κ2) is 4.28. The predicted octanol–water partition coefficient (Wildman–Crippen LogP) is 1.06. The summed E-state index contributed by atoms with van der Waals surface area (Å²) in [6.45, 7) is 0. The Hall–Kier alpha value is -1.29. The van der Waals surface area contributed by atoms with Crippen LogP contribution in [0.4, 0.5) is 0 Å². The molecular weight excluding hydrogens is 206 g/mol. The topological polar surface area (TPSA) is 59.3 Å². The fourth-order valence-corrected chi connectivity index (χ4v) is 1.40. The Kier molecular flexibility index (Phi) is 3.30. The lowest BCUT2D eigenvalue weighted by Crippen LogP contribution is -2.17. The van der Waals surface area contributed by atoms with Gasteiger partial charge in [0.1, 0.15) is 5.02 Å². The number of halogens is 1. The van der Waals surface area contributed by atoms with Crippen LogP contribution >= 0.6 is 11.6 Å². The first kappa shape index (κ1) is 10.8. The van der Waals surface area contributed by atoms with Crippen LogP contribution in [0.25, 0.3) is 0 Å². The molecule has 0 radical (unpaired) electrons. The quantitative estimate of drug-likeness (QED) is 0.820. The third-order valence-electron chi connectivity index (χ3n) is 1.82. The molecule has 1 heterocycles. The summed E-state index contributed by atoms with van der Waals surface area (Å²) in [5, 5.41) is 8.59. The number of aliphatic carboxylic acids is 1. The number of carbonyl (C=O) groups is 1. The minimum absolute atomic E-state index is 0.0362. The van der Waals surface area contributed by atoms with Crippen molar-refractivity contribution in [1.82, 2.24) is 4.57 Å². The highest BCUT2D eigenvalue weighted by Gasteiger charge is 2.04. The van der Waals surface area contributed by atoms with E-state index >= 15 is 0 Å². The summed E-state index contributed by atoms with van der Waals surface area (Å²) in [5.74, 6) is -0.866. The van der Waals surface area contributed by atoms with Gasteiger partial charge in [-0.3, -0.25) is 9.59 Å². The van der Waals surface area contributed by atoms with E-state index in [9.17, 15) is 9.59 Å². The Balaban J connectivity index is 2.90. The Morgan fingerprint density at radius 2 is 2.29 bits per heavy atom. The summed E-state index contributed by atoms with van der Waals surface area (Å²) in [5.41, 5.74) is 0.477. The molecule has 0 aliphatic carbocycles. The normalized spacial score (nSPS) is 10.1. The first-order valence-corrected chi connectivity index (χ1v) is 4.45. The van der Waals surface area contributed by atoms with Crippen LogP contribution in [0.5, 0.6) is 0 Å². The minimum atomic E-state index is -0.866. The van der Waals surface area contributed by atoms with E-state index in [0.717, 1.165) is 5.56 Å². The third kappa shape index (κ3) is 2.60. The van der Waals surface area contributed by atoms with Crippen LogP contribution in [0, 0.1) is 0 Å². The van der Waals surface area contributed by atoms with Crippen molar-refractivity contribution in [2.75, 3.05) is 0 Å². The van der Waals surface area contributed by atoms with Gasteiger partial charge in [0.05, 0.1) is 0 Å². The van der Waals surface area contributed by atoms with Gasteiger partial charge in [0.15, 0.2) is 0 Å². The maximum Gasteiger partial charge on any atom is 0.303 e. The number of nitrogens with zero attached hydrogens (tertiary/aromatic N) is 1. The monoisotopic (exact) mass is 215 g/mol. The molecule has 14 heavy (non-hydrogen) atoms. The molecule has 0 aromatic carbocycles. The molecule has 1 aromatic rings. The van der Waals surface area contributed by atoms with Gasteiger partial charge in [-0.2, -0.15) is 0 Å². The number of aromatic nitrogens is 1. The average molecular weight is 216 g/mol. The van der Waals surface area contributed by atoms with E-state index < -0.39 is 5.97 Å². The molecule has 1 rings (SSSR count). The highest BCUT2D eigenvalue weighted by molar-refractivity contribution is 6.30. The van der Waals surface area contributed by atoms with Crippen LogP contribution in [0.15, 0.2) is 17.1 Å². The number of aryl methyl sites for hydroxylation is 2. The van der Waals surface area contributed by atoms with Crippen LogP contribution in [-0.4, -0.2) is 15.6 Å². The number of pyridine rings is 1. The molecule has 0 saturated carbocycles. The number of rotatable bonds is 3. The lowest BCUT2D eigenvalue weighted by atomic mass is 10.1. The smallest absolute Gasteiger partial charge is 0.303 e. The van der Waals surface area contributed by atoms with E-state index in [1.54, 1.807) is 13.2 Å². The molecule has 0 saturated heterocycles. The van der Waals surface area contributed by atoms with E-state index in [0.29, 0.717) is 6.42 Å². The van der Waals surface area contributed by atoms with Gasteiger partial charge < -0.3 is 9.67 Å². The van der Waals surface area contributed by atoms with Crippen molar-refractivity contribution in [1.29, 1.82) is 0 Å². The van der Waals surface area contributed by atoms with Gasteiger partial charge in [-0.15, -0.1) is 0 Å². The summed E-state index contributed by atoms with van der Waals surface area (Å²) in [7, 11) is 1.58. The molecular formula is C9H10ClNO3. The zero-order valence-corrected chi connectivity index (χ0v) is 8.41. The van der Waals surface area contributed by atoms with Crippen LogP contribution in [0.2, 0.25) is 5.02 Å². The lowest BCUT2D eigenvalue weighted by Gasteiger charge is -2.03. The molecule has 0 fully saturated rings. The maximum atomic E-state index is 11.2. The van der Waals surface area contributed by atoms with Gasteiger partial charge in [0, 0.05) is 19.7 Å². The van der Waals surface area contributed by atoms with E-state index in [4.69, 9.17) is 16.7 Å². The van der Waals surface area contributed by atoms with Gasteiger partial charge in [-0.05, 0) is 18.1 Å². The van der Waals surface area contributed by atoms with Crippen LogP contribution < -0.4 is 5.56 Å². The Morgan fingerprint density at radius 1 is 1.64 bits per heavy atom. The Labute approximate surface area is 85.7 Å². The van der Waals surface area contributed by atoms with Crippen LogP contribution in [0.1, 0.15) is 12.0 Å². The van der Waals surface area contributed by atoms with Crippen molar-refractivity contribution in [3.8, 4) is 0 Å². The molecule has 5 heteroatoms. The largest absolute Gasteiger partial charge is 0.481 e. The molecule has 76 valence electrons. The van der Waals surface area contributed by atoms with Crippen molar-refractivity contribution in [2.45, 2.75) is 12.8 Å². The molecule has 0 unspecified atom stereocenters. The zero-order chi connectivity index (χ0) is 10.7. The van der Waals surface area contributed by atoms with Crippen molar-refractivity contribution in [3.05, 3.63) is 33.2 Å². The van der Waals surface area contributed by atoms with Crippen molar-refractivity contribution in [3.63, 3.8) is 0 Å². The zero-order valence-electron chi connectivity index (χ0n) is 7.66. The van der Waals surface area contributed by atoms with Crippen LogP contribution in [0.3, 0.4) is 0 Å². The second-order valence-electron chi connectivity index (χ2n) is 3.01. The van der Waals surface area contributed by atoms with Gasteiger partial charge in [-0.25, -0.2) is 0 Å². The summed E-state index contributed by atoms with van der Waals surface area (Å²) in [6.07, 6.45) is 2.01. The van der Waals surface area contributed by atoms with Gasteiger partial charge >= 0.3 is 5.97 Å². The summed E-state index contributed by atoms with van der Waals surface area (Å²) in [4.78, 5) is 21.5. The molecule has 0 amide bonds. The fourth-order valence-electron chi connectivity index (χ4n) is 1.13. The lowest BCUT2D eigenvalue weighted by molar-refractivity contribution is -0.136.